The predicted molar refractivity (Wildman–Crippen MR) is 78.8 cm³/mol. The fourth-order valence-corrected chi connectivity index (χ4v) is 3.30. The Morgan fingerprint density at radius 2 is 1.95 bits per heavy atom. The van der Waals surface area contributed by atoms with Gasteiger partial charge in [-0.25, -0.2) is 4.98 Å². The summed E-state index contributed by atoms with van der Waals surface area (Å²) in [6.07, 6.45) is 4.93. The Hall–Kier alpha value is -0.720. The number of aromatic nitrogens is 2. The zero-order valence-corrected chi connectivity index (χ0v) is 12.2. The SMILES string of the molecule is NCCCCN1CCN(c2nc(C3CC3)ns2)CC1. The molecule has 5 nitrogen and oxygen atoms in total. The molecule has 1 aromatic rings. The third-order valence-corrected chi connectivity index (χ3v) is 4.74. The van der Waals surface area contributed by atoms with Gasteiger partial charge in [-0.05, 0) is 38.8 Å². The van der Waals surface area contributed by atoms with Gasteiger partial charge in [-0.2, -0.15) is 4.37 Å². The molecule has 1 aliphatic heterocycles. The molecule has 1 saturated heterocycles. The Labute approximate surface area is 119 Å². The van der Waals surface area contributed by atoms with Crippen LogP contribution in [0.5, 0.6) is 0 Å². The van der Waals surface area contributed by atoms with Crippen molar-refractivity contribution in [1.82, 2.24) is 14.3 Å². The van der Waals surface area contributed by atoms with Gasteiger partial charge in [0.15, 0.2) is 0 Å². The van der Waals surface area contributed by atoms with Crippen molar-refractivity contribution in [2.75, 3.05) is 44.2 Å². The quantitative estimate of drug-likeness (QED) is 0.796. The topological polar surface area (TPSA) is 58.3 Å². The van der Waals surface area contributed by atoms with E-state index in [1.165, 1.54) is 25.8 Å². The summed E-state index contributed by atoms with van der Waals surface area (Å²) in [5, 5.41) is 1.13. The summed E-state index contributed by atoms with van der Waals surface area (Å²) in [7, 11) is 0. The highest BCUT2D eigenvalue weighted by atomic mass is 32.1. The fraction of sp³-hybridized carbons (Fsp3) is 0.846. The lowest BCUT2D eigenvalue weighted by Gasteiger charge is -2.34. The van der Waals surface area contributed by atoms with Crippen LogP contribution in [0.2, 0.25) is 0 Å². The second-order valence-corrected chi connectivity index (χ2v) is 6.26. The molecule has 0 aromatic carbocycles. The zero-order valence-electron chi connectivity index (χ0n) is 11.4. The minimum absolute atomic E-state index is 0.669. The summed E-state index contributed by atoms with van der Waals surface area (Å²) >= 11 is 1.58. The molecule has 1 aliphatic carbocycles. The van der Waals surface area contributed by atoms with Gasteiger partial charge in [-0.15, -0.1) is 0 Å². The number of piperazine rings is 1. The Morgan fingerprint density at radius 3 is 2.63 bits per heavy atom. The number of hydrogen-bond acceptors (Lipinski definition) is 6. The Balaban J connectivity index is 1.46. The molecule has 0 atom stereocenters. The summed E-state index contributed by atoms with van der Waals surface area (Å²) < 4.78 is 4.49. The van der Waals surface area contributed by atoms with Crippen molar-refractivity contribution in [3.8, 4) is 0 Å². The van der Waals surface area contributed by atoms with Gasteiger partial charge in [0.05, 0.1) is 0 Å². The highest BCUT2D eigenvalue weighted by Gasteiger charge is 2.29. The lowest BCUT2D eigenvalue weighted by molar-refractivity contribution is 0.253. The number of nitrogens with two attached hydrogens (primary N) is 1. The molecule has 1 aromatic heterocycles. The van der Waals surface area contributed by atoms with Crippen molar-refractivity contribution >= 4 is 16.7 Å². The molecule has 2 N–H and O–H groups in total. The summed E-state index contributed by atoms with van der Waals surface area (Å²) in [4.78, 5) is 9.62. The molecule has 2 heterocycles. The standard InChI is InChI=1S/C13H23N5S/c14-5-1-2-6-17-7-9-18(10-8-17)13-15-12(16-19-13)11-3-4-11/h11H,1-10,14H2. The van der Waals surface area contributed by atoms with Gasteiger partial charge in [-0.3, -0.25) is 4.90 Å². The zero-order chi connectivity index (χ0) is 13.1. The Morgan fingerprint density at radius 1 is 1.16 bits per heavy atom. The van der Waals surface area contributed by atoms with Crippen LogP contribution < -0.4 is 10.6 Å². The molecule has 0 unspecified atom stereocenters. The molecule has 2 fully saturated rings. The maximum absolute atomic E-state index is 5.53. The normalized spacial score (nSPS) is 21.0. The first-order valence-electron chi connectivity index (χ1n) is 7.38. The second kappa shape index (κ2) is 6.15. The monoisotopic (exact) mass is 281 g/mol. The van der Waals surface area contributed by atoms with Crippen molar-refractivity contribution in [1.29, 1.82) is 0 Å². The molecule has 19 heavy (non-hydrogen) atoms. The smallest absolute Gasteiger partial charge is 0.205 e. The summed E-state index contributed by atoms with van der Waals surface area (Å²) in [5.41, 5.74) is 5.53. The van der Waals surface area contributed by atoms with E-state index in [1.54, 1.807) is 11.5 Å². The highest BCUT2D eigenvalue weighted by Crippen LogP contribution is 2.39. The second-order valence-electron chi connectivity index (χ2n) is 5.53. The molecule has 6 heteroatoms. The molecule has 0 radical (unpaired) electrons. The van der Waals surface area contributed by atoms with Crippen LogP contribution in [0.25, 0.3) is 0 Å². The molecule has 0 spiro atoms. The van der Waals surface area contributed by atoms with E-state index in [2.05, 4.69) is 14.2 Å². The van der Waals surface area contributed by atoms with Gasteiger partial charge in [0, 0.05) is 43.6 Å². The lowest BCUT2D eigenvalue weighted by atomic mass is 10.2. The van der Waals surface area contributed by atoms with Crippen molar-refractivity contribution in [2.45, 2.75) is 31.6 Å². The number of nitrogens with zero attached hydrogens (tertiary/aromatic N) is 4. The van der Waals surface area contributed by atoms with Gasteiger partial charge >= 0.3 is 0 Å². The van der Waals surface area contributed by atoms with E-state index in [0.717, 1.165) is 50.1 Å². The van der Waals surface area contributed by atoms with Crippen LogP contribution in [0.15, 0.2) is 0 Å². The van der Waals surface area contributed by atoms with E-state index >= 15 is 0 Å². The van der Waals surface area contributed by atoms with Crippen LogP contribution in [0.4, 0.5) is 5.13 Å². The summed E-state index contributed by atoms with van der Waals surface area (Å²) in [5.74, 6) is 1.76. The van der Waals surface area contributed by atoms with E-state index in [1.807, 2.05) is 0 Å². The Bertz CT molecular complexity index is 395. The van der Waals surface area contributed by atoms with Crippen molar-refractivity contribution in [2.24, 2.45) is 5.73 Å². The number of unbranched alkanes of at least 4 members (excludes halogenated alkanes) is 1. The van der Waals surface area contributed by atoms with E-state index in [0.29, 0.717) is 5.92 Å². The Kier molecular flexibility index (Phi) is 4.30. The van der Waals surface area contributed by atoms with Crippen molar-refractivity contribution in [3.63, 3.8) is 0 Å². The van der Waals surface area contributed by atoms with Crippen molar-refractivity contribution < 1.29 is 0 Å². The molecule has 0 amide bonds. The molecule has 1 saturated carbocycles. The van der Waals surface area contributed by atoms with Gasteiger partial charge < -0.3 is 10.6 Å². The molecular formula is C13H23N5S. The third-order valence-electron chi connectivity index (χ3n) is 3.94. The largest absolute Gasteiger partial charge is 0.344 e. The number of rotatable bonds is 6. The molecule has 106 valence electrons. The summed E-state index contributed by atoms with van der Waals surface area (Å²) in [6.45, 7) is 6.46. The predicted octanol–water partition coefficient (Wildman–Crippen LogP) is 1.28. The first-order valence-corrected chi connectivity index (χ1v) is 8.15. The third kappa shape index (κ3) is 3.43. The van der Waals surface area contributed by atoms with Gasteiger partial charge in [-0.1, -0.05) is 0 Å². The van der Waals surface area contributed by atoms with Gasteiger partial charge in [0.1, 0.15) is 5.82 Å². The molecule has 3 rings (SSSR count). The lowest BCUT2D eigenvalue weighted by Crippen LogP contribution is -2.46. The van der Waals surface area contributed by atoms with Gasteiger partial charge in [0.2, 0.25) is 5.13 Å². The average molecular weight is 281 g/mol. The van der Waals surface area contributed by atoms with E-state index in [9.17, 15) is 0 Å². The van der Waals surface area contributed by atoms with E-state index < -0.39 is 0 Å². The minimum Gasteiger partial charge on any atom is -0.344 e. The van der Waals surface area contributed by atoms with Crippen LogP contribution >= 0.6 is 11.5 Å². The van der Waals surface area contributed by atoms with Crippen molar-refractivity contribution in [3.05, 3.63) is 5.82 Å². The average Bonchev–Trinajstić information content (AvgIpc) is 3.18. The van der Waals surface area contributed by atoms with Crippen LogP contribution in [0.3, 0.4) is 0 Å². The van der Waals surface area contributed by atoms with Crippen LogP contribution in [0, 0.1) is 0 Å². The number of hydrogen-bond donors (Lipinski definition) is 1. The van der Waals surface area contributed by atoms with Gasteiger partial charge in [0.25, 0.3) is 0 Å². The fourth-order valence-electron chi connectivity index (χ4n) is 2.50. The maximum atomic E-state index is 5.53. The summed E-state index contributed by atoms with van der Waals surface area (Å²) in [6, 6.07) is 0. The number of anilines is 1. The van der Waals surface area contributed by atoms with E-state index in [4.69, 9.17) is 10.7 Å². The van der Waals surface area contributed by atoms with Crippen LogP contribution in [-0.2, 0) is 0 Å². The minimum atomic E-state index is 0.669. The highest BCUT2D eigenvalue weighted by molar-refractivity contribution is 7.09. The van der Waals surface area contributed by atoms with Crippen LogP contribution in [0.1, 0.15) is 37.4 Å². The van der Waals surface area contributed by atoms with E-state index in [-0.39, 0.29) is 0 Å². The molecule has 0 bridgehead atoms. The molecule has 2 aliphatic rings. The molecular weight excluding hydrogens is 258 g/mol. The first kappa shape index (κ1) is 13.3. The first-order chi connectivity index (χ1) is 9.36. The maximum Gasteiger partial charge on any atom is 0.205 e. The van der Waals surface area contributed by atoms with Crippen LogP contribution in [-0.4, -0.2) is 53.5 Å².